The number of anilines is 3. The van der Waals surface area contributed by atoms with Crippen molar-refractivity contribution >= 4 is 33.3 Å². The fourth-order valence-electron chi connectivity index (χ4n) is 2.59. The van der Waals surface area contributed by atoms with E-state index in [1.54, 1.807) is 12.3 Å². The number of hydrogen-bond acceptors (Lipinski definition) is 8. The smallest absolute Gasteiger partial charge is 0.240 e. The highest BCUT2D eigenvalue weighted by Gasteiger charge is 2.13. The van der Waals surface area contributed by atoms with E-state index < -0.39 is 10.0 Å². The average molecular weight is 427 g/mol. The highest BCUT2D eigenvalue weighted by molar-refractivity contribution is 7.89. The summed E-state index contributed by atoms with van der Waals surface area (Å²) in [5, 5.41) is 6.14. The second-order valence-corrected chi connectivity index (χ2v) is 8.30. The zero-order valence-electron chi connectivity index (χ0n) is 16.6. The quantitative estimate of drug-likeness (QED) is 0.352. The van der Waals surface area contributed by atoms with Crippen LogP contribution in [0.2, 0.25) is 0 Å². The van der Waals surface area contributed by atoms with Gasteiger partial charge in [-0.05, 0) is 43.7 Å². The van der Waals surface area contributed by atoms with Gasteiger partial charge in [-0.2, -0.15) is 0 Å². The van der Waals surface area contributed by atoms with Crippen molar-refractivity contribution in [3.63, 3.8) is 0 Å². The summed E-state index contributed by atoms with van der Waals surface area (Å²) in [6.07, 6.45) is 3.11. The summed E-state index contributed by atoms with van der Waals surface area (Å²) >= 11 is 0. The highest BCUT2D eigenvalue weighted by atomic mass is 32.2. The lowest BCUT2D eigenvalue weighted by atomic mass is 10.2. The molecule has 3 N–H and O–H groups in total. The van der Waals surface area contributed by atoms with Gasteiger partial charge in [0.1, 0.15) is 23.8 Å². The number of Topliss-reactive ketones (excluding diaryl/α,β-unsaturated/α-hetero) is 1. The van der Waals surface area contributed by atoms with Crippen LogP contribution in [0.3, 0.4) is 0 Å². The van der Waals surface area contributed by atoms with Gasteiger partial charge in [-0.3, -0.25) is 4.79 Å². The van der Waals surface area contributed by atoms with Gasteiger partial charge in [-0.1, -0.05) is 12.1 Å². The van der Waals surface area contributed by atoms with E-state index in [-0.39, 0.29) is 17.2 Å². The van der Waals surface area contributed by atoms with Gasteiger partial charge in [0.2, 0.25) is 10.0 Å². The first-order valence-corrected chi connectivity index (χ1v) is 10.7. The number of rotatable bonds is 9. The number of nitrogens with one attached hydrogen (secondary N) is 3. The Labute approximate surface area is 175 Å². The van der Waals surface area contributed by atoms with Crippen molar-refractivity contribution in [1.82, 2.24) is 19.7 Å². The first-order valence-electron chi connectivity index (χ1n) is 9.20. The molecule has 0 saturated carbocycles. The minimum absolute atomic E-state index is 0.103. The summed E-state index contributed by atoms with van der Waals surface area (Å²) in [5.74, 6) is 1.66. The zero-order chi connectivity index (χ0) is 21.6. The topological polar surface area (TPSA) is 126 Å². The van der Waals surface area contributed by atoms with Gasteiger partial charge >= 0.3 is 0 Å². The lowest BCUT2D eigenvalue weighted by Crippen LogP contribution is -2.29. The number of aryl methyl sites for hydroxylation is 1. The molecule has 1 aromatic carbocycles. The summed E-state index contributed by atoms with van der Waals surface area (Å²) < 4.78 is 27.2. The number of ketones is 1. The van der Waals surface area contributed by atoms with Crippen LogP contribution in [-0.4, -0.2) is 42.2 Å². The Morgan fingerprint density at radius 1 is 0.933 bits per heavy atom. The van der Waals surface area contributed by atoms with E-state index in [0.717, 1.165) is 5.56 Å². The standard InChI is InChI=1S/C20H22N6O3S/c1-14-7-8-21-19(11-14)26-20-12-18(23-13-24-20)22-9-10-25-30(28,29)17-5-3-16(4-6-17)15(2)27/h3-8,11-13,25H,9-10H2,1-2H3,(H2,21,22,23,24,26). The fourth-order valence-corrected chi connectivity index (χ4v) is 3.62. The van der Waals surface area contributed by atoms with Crippen molar-refractivity contribution < 1.29 is 13.2 Å². The number of pyridine rings is 1. The molecule has 156 valence electrons. The number of sulfonamides is 1. The maximum Gasteiger partial charge on any atom is 0.240 e. The Kier molecular flexibility index (Phi) is 6.70. The summed E-state index contributed by atoms with van der Waals surface area (Å²) in [6.45, 7) is 3.88. The van der Waals surface area contributed by atoms with Gasteiger partial charge < -0.3 is 10.6 Å². The fraction of sp³-hybridized carbons (Fsp3) is 0.200. The molecule has 0 fully saturated rings. The molecule has 2 heterocycles. The molecule has 2 aromatic heterocycles. The summed E-state index contributed by atoms with van der Waals surface area (Å²) in [5.41, 5.74) is 1.53. The minimum Gasteiger partial charge on any atom is -0.369 e. The van der Waals surface area contributed by atoms with E-state index in [1.165, 1.54) is 37.5 Å². The lowest BCUT2D eigenvalue weighted by molar-refractivity contribution is 0.101. The molecule has 0 aliphatic carbocycles. The second kappa shape index (κ2) is 9.42. The average Bonchev–Trinajstić information content (AvgIpc) is 2.72. The van der Waals surface area contributed by atoms with E-state index >= 15 is 0 Å². The molecular weight excluding hydrogens is 404 g/mol. The predicted octanol–water partition coefficient (Wildman–Crippen LogP) is 2.52. The second-order valence-electron chi connectivity index (χ2n) is 6.54. The summed E-state index contributed by atoms with van der Waals surface area (Å²) in [6, 6.07) is 11.3. The Balaban J connectivity index is 1.53. The largest absolute Gasteiger partial charge is 0.369 e. The van der Waals surface area contributed by atoms with Gasteiger partial charge in [0.15, 0.2) is 5.78 Å². The number of carbonyl (C=O) groups is 1. The normalized spacial score (nSPS) is 11.1. The van der Waals surface area contributed by atoms with Crippen LogP contribution in [0.15, 0.2) is 59.9 Å². The third-order valence-electron chi connectivity index (χ3n) is 4.13. The van der Waals surface area contributed by atoms with E-state index in [4.69, 9.17) is 0 Å². The van der Waals surface area contributed by atoms with Crippen LogP contribution in [0.4, 0.5) is 17.5 Å². The van der Waals surface area contributed by atoms with Crippen LogP contribution < -0.4 is 15.4 Å². The molecular formula is C20H22N6O3S. The maximum absolute atomic E-state index is 12.3. The van der Waals surface area contributed by atoms with Gasteiger partial charge in [0, 0.05) is 30.9 Å². The van der Waals surface area contributed by atoms with Crippen LogP contribution in [-0.2, 0) is 10.0 Å². The Morgan fingerprint density at radius 2 is 1.63 bits per heavy atom. The molecule has 9 nitrogen and oxygen atoms in total. The van der Waals surface area contributed by atoms with Crippen LogP contribution in [0.25, 0.3) is 0 Å². The number of benzene rings is 1. The molecule has 3 rings (SSSR count). The molecule has 0 bridgehead atoms. The van der Waals surface area contributed by atoms with Crippen LogP contribution >= 0.6 is 0 Å². The van der Waals surface area contributed by atoms with Gasteiger partial charge in [-0.15, -0.1) is 0 Å². The number of nitrogens with zero attached hydrogens (tertiary/aromatic N) is 3. The van der Waals surface area contributed by atoms with Crippen molar-refractivity contribution in [3.05, 3.63) is 66.1 Å². The Hall–Kier alpha value is -3.37. The van der Waals surface area contributed by atoms with Crippen molar-refractivity contribution in [2.24, 2.45) is 0 Å². The molecule has 0 radical (unpaired) electrons. The van der Waals surface area contributed by atoms with Gasteiger partial charge in [0.25, 0.3) is 0 Å². The van der Waals surface area contributed by atoms with Gasteiger partial charge in [-0.25, -0.2) is 28.1 Å². The minimum atomic E-state index is -3.66. The molecule has 0 unspecified atom stereocenters. The number of hydrogen-bond donors (Lipinski definition) is 3. The Bertz CT molecular complexity index is 1130. The zero-order valence-corrected chi connectivity index (χ0v) is 17.4. The lowest BCUT2D eigenvalue weighted by Gasteiger charge is -2.10. The third-order valence-corrected chi connectivity index (χ3v) is 5.61. The maximum atomic E-state index is 12.3. The summed E-state index contributed by atoms with van der Waals surface area (Å²) in [4.78, 5) is 23.9. The molecule has 0 aliphatic heterocycles. The van der Waals surface area contributed by atoms with E-state index in [0.29, 0.717) is 29.6 Å². The SMILES string of the molecule is CC(=O)c1ccc(S(=O)(=O)NCCNc2cc(Nc3cc(C)ccn3)ncn2)cc1. The molecule has 30 heavy (non-hydrogen) atoms. The van der Waals surface area contributed by atoms with Crippen molar-refractivity contribution in [3.8, 4) is 0 Å². The van der Waals surface area contributed by atoms with Gasteiger partial charge in [0.05, 0.1) is 4.90 Å². The molecule has 0 spiro atoms. The van der Waals surface area contributed by atoms with E-state index in [1.807, 2.05) is 19.1 Å². The van der Waals surface area contributed by atoms with Crippen LogP contribution in [0.5, 0.6) is 0 Å². The van der Waals surface area contributed by atoms with Crippen LogP contribution in [0, 0.1) is 6.92 Å². The predicted molar refractivity (Wildman–Crippen MR) is 114 cm³/mol. The highest BCUT2D eigenvalue weighted by Crippen LogP contribution is 2.15. The van der Waals surface area contributed by atoms with Crippen molar-refractivity contribution in [2.75, 3.05) is 23.7 Å². The van der Waals surface area contributed by atoms with Crippen molar-refractivity contribution in [2.45, 2.75) is 18.7 Å². The first-order chi connectivity index (χ1) is 14.3. The van der Waals surface area contributed by atoms with E-state index in [9.17, 15) is 13.2 Å². The van der Waals surface area contributed by atoms with Crippen molar-refractivity contribution in [1.29, 1.82) is 0 Å². The summed E-state index contributed by atoms with van der Waals surface area (Å²) in [7, 11) is -3.66. The molecule has 0 aliphatic rings. The Morgan fingerprint density at radius 3 is 2.33 bits per heavy atom. The molecule has 10 heteroatoms. The van der Waals surface area contributed by atoms with E-state index in [2.05, 4.69) is 30.3 Å². The monoisotopic (exact) mass is 426 g/mol. The third kappa shape index (κ3) is 5.82. The molecule has 0 saturated heterocycles. The molecule has 3 aromatic rings. The molecule has 0 amide bonds. The number of aromatic nitrogens is 3. The molecule has 0 atom stereocenters. The number of carbonyl (C=O) groups excluding carboxylic acids is 1. The first kappa shape index (κ1) is 21.3. The van der Waals surface area contributed by atoms with Crippen LogP contribution in [0.1, 0.15) is 22.8 Å².